The minimum atomic E-state index is -0.152. The summed E-state index contributed by atoms with van der Waals surface area (Å²) in [7, 11) is 0. The highest BCUT2D eigenvalue weighted by molar-refractivity contribution is 6.15. The Bertz CT molecular complexity index is 906. The van der Waals surface area contributed by atoms with E-state index in [1.165, 1.54) is 6.42 Å². The van der Waals surface area contributed by atoms with Crippen LogP contribution in [0.4, 0.5) is 0 Å². The van der Waals surface area contributed by atoms with Gasteiger partial charge in [-0.1, -0.05) is 12.5 Å². The van der Waals surface area contributed by atoms with Crippen molar-refractivity contribution in [3.63, 3.8) is 0 Å². The van der Waals surface area contributed by atoms with Gasteiger partial charge in [0, 0.05) is 24.9 Å². The number of benzene rings is 1. The van der Waals surface area contributed by atoms with Crippen molar-refractivity contribution in [2.75, 3.05) is 6.54 Å². The first-order chi connectivity index (χ1) is 13.0. The lowest BCUT2D eigenvalue weighted by atomic mass is 9.97. The second-order valence-electron chi connectivity index (χ2n) is 7.40. The standard InChI is InChI=1S/C22H24N2O3/c1-14-11-18(25)17(13-24-10-6-4-7-15(24)2)22-20(14)21(26)19(27-22)12-16-8-3-5-9-23-16/h3,5,8-9,11-12,15,25H,4,6-7,10,13H2,1-2H3/b19-12-. The van der Waals surface area contributed by atoms with Crippen molar-refractivity contribution in [2.45, 2.75) is 45.7 Å². The predicted molar refractivity (Wildman–Crippen MR) is 104 cm³/mol. The van der Waals surface area contributed by atoms with Gasteiger partial charge in [0.05, 0.1) is 16.8 Å². The summed E-state index contributed by atoms with van der Waals surface area (Å²) < 4.78 is 5.98. The van der Waals surface area contributed by atoms with Crippen molar-refractivity contribution in [2.24, 2.45) is 0 Å². The zero-order chi connectivity index (χ0) is 19.0. The number of aryl methyl sites for hydroxylation is 1. The number of fused-ring (bicyclic) bond motifs is 1. The van der Waals surface area contributed by atoms with Gasteiger partial charge < -0.3 is 9.84 Å². The van der Waals surface area contributed by atoms with Crippen LogP contribution in [0.25, 0.3) is 6.08 Å². The maximum absolute atomic E-state index is 12.9. The molecule has 1 N–H and O–H groups in total. The molecule has 2 aliphatic heterocycles. The number of ketones is 1. The number of pyridine rings is 1. The Hall–Kier alpha value is -2.66. The summed E-state index contributed by atoms with van der Waals surface area (Å²) in [6.45, 7) is 5.62. The van der Waals surface area contributed by atoms with Crippen LogP contribution in [-0.2, 0) is 6.54 Å². The van der Waals surface area contributed by atoms with E-state index >= 15 is 0 Å². The van der Waals surface area contributed by atoms with Gasteiger partial charge in [0.1, 0.15) is 11.5 Å². The normalized spacial score (nSPS) is 21.3. The van der Waals surface area contributed by atoms with Crippen LogP contribution in [0.1, 0.15) is 53.4 Å². The summed E-state index contributed by atoms with van der Waals surface area (Å²) in [6.07, 6.45) is 6.89. The fourth-order valence-electron chi connectivity index (χ4n) is 3.92. The van der Waals surface area contributed by atoms with Crippen LogP contribution in [0, 0.1) is 6.92 Å². The Kier molecular flexibility index (Phi) is 4.70. The number of nitrogens with zero attached hydrogens (tertiary/aromatic N) is 2. The van der Waals surface area contributed by atoms with Crippen molar-refractivity contribution >= 4 is 11.9 Å². The molecule has 0 aliphatic carbocycles. The van der Waals surface area contributed by atoms with Gasteiger partial charge in [0.2, 0.25) is 5.78 Å². The number of Topliss-reactive ketones (excluding diaryl/α,β-unsaturated/α-hetero) is 1. The molecule has 0 bridgehead atoms. The van der Waals surface area contributed by atoms with Crippen LogP contribution in [0.5, 0.6) is 11.5 Å². The van der Waals surface area contributed by atoms with Gasteiger partial charge in [-0.05, 0) is 57.0 Å². The van der Waals surface area contributed by atoms with Crippen LogP contribution in [0.15, 0.2) is 36.2 Å². The molecule has 1 unspecified atom stereocenters. The number of ether oxygens (including phenoxy) is 1. The molecule has 1 atom stereocenters. The number of hydrogen-bond acceptors (Lipinski definition) is 5. The maximum Gasteiger partial charge on any atom is 0.232 e. The predicted octanol–water partition coefficient (Wildman–Crippen LogP) is 4.09. The molecular formula is C22H24N2O3. The molecule has 4 rings (SSSR count). The second-order valence-corrected chi connectivity index (χ2v) is 7.40. The van der Waals surface area contributed by atoms with Crippen LogP contribution in [0.3, 0.4) is 0 Å². The van der Waals surface area contributed by atoms with E-state index in [-0.39, 0.29) is 17.3 Å². The molecule has 5 nitrogen and oxygen atoms in total. The minimum Gasteiger partial charge on any atom is -0.507 e. The van der Waals surface area contributed by atoms with E-state index < -0.39 is 0 Å². The SMILES string of the molecule is Cc1cc(O)c(CN2CCCCC2C)c2c1C(=O)/C(=C/c1ccccn1)O2. The smallest absolute Gasteiger partial charge is 0.232 e. The van der Waals surface area contributed by atoms with E-state index in [1.54, 1.807) is 18.3 Å². The van der Waals surface area contributed by atoms with Gasteiger partial charge in [-0.3, -0.25) is 14.7 Å². The zero-order valence-electron chi connectivity index (χ0n) is 15.7. The molecule has 0 saturated carbocycles. The van der Waals surface area contributed by atoms with Gasteiger partial charge in [0.15, 0.2) is 5.76 Å². The molecule has 1 aromatic heterocycles. The molecule has 2 aliphatic rings. The number of likely N-dealkylation sites (tertiary alicyclic amines) is 1. The van der Waals surface area contributed by atoms with Crippen molar-refractivity contribution in [1.29, 1.82) is 0 Å². The highest BCUT2D eigenvalue weighted by atomic mass is 16.5. The number of carbonyl (C=O) groups excluding carboxylic acids is 1. The molecule has 0 amide bonds. The van der Waals surface area contributed by atoms with Gasteiger partial charge in [-0.2, -0.15) is 0 Å². The number of carbonyl (C=O) groups is 1. The molecule has 0 radical (unpaired) electrons. The zero-order valence-corrected chi connectivity index (χ0v) is 15.7. The molecule has 27 heavy (non-hydrogen) atoms. The van der Waals surface area contributed by atoms with Crippen molar-refractivity contribution in [3.8, 4) is 11.5 Å². The Morgan fingerprint density at radius 2 is 2.22 bits per heavy atom. The molecule has 5 heteroatoms. The Morgan fingerprint density at radius 3 is 2.96 bits per heavy atom. The van der Waals surface area contributed by atoms with Gasteiger partial charge in [-0.15, -0.1) is 0 Å². The highest BCUT2D eigenvalue weighted by Crippen LogP contribution is 2.42. The number of allylic oxidation sites excluding steroid dienone is 1. The Labute approximate surface area is 159 Å². The lowest BCUT2D eigenvalue weighted by Gasteiger charge is -2.33. The van der Waals surface area contributed by atoms with Gasteiger partial charge in [-0.25, -0.2) is 0 Å². The first kappa shape index (κ1) is 17.7. The lowest BCUT2D eigenvalue weighted by molar-refractivity contribution is 0.101. The van der Waals surface area contributed by atoms with Crippen molar-refractivity contribution < 1.29 is 14.6 Å². The monoisotopic (exact) mass is 364 g/mol. The fraction of sp³-hybridized carbons (Fsp3) is 0.364. The number of piperidine rings is 1. The number of rotatable bonds is 3. The molecule has 3 heterocycles. The van der Waals surface area contributed by atoms with Crippen molar-refractivity contribution in [1.82, 2.24) is 9.88 Å². The number of hydrogen-bond donors (Lipinski definition) is 1. The molecule has 2 aromatic rings. The average molecular weight is 364 g/mol. The van der Waals surface area contributed by atoms with E-state index in [4.69, 9.17) is 4.74 Å². The number of phenolic OH excluding ortho intramolecular Hbond substituents is 1. The summed E-state index contributed by atoms with van der Waals surface area (Å²) >= 11 is 0. The first-order valence-corrected chi connectivity index (χ1v) is 9.49. The summed E-state index contributed by atoms with van der Waals surface area (Å²) in [5.41, 5.74) is 2.64. The Morgan fingerprint density at radius 1 is 1.37 bits per heavy atom. The molecule has 1 fully saturated rings. The second kappa shape index (κ2) is 7.16. The molecule has 1 aromatic carbocycles. The third kappa shape index (κ3) is 3.35. The number of aromatic hydroxyl groups is 1. The van der Waals surface area contributed by atoms with Crippen LogP contribution in [0.2, 0.25) is 0 Å². The van der Waals surface area contributed by atoms with E-state index in [0.717, 1.165) is 24.9 Å². The average Bonchev–Trinajstić information content (AvgIpc) is 2.97. The number of phenols is 1. The van der Waals surface area contributed by atoms with Gasteiger partial charge in [0.25, 0.3) is 0 Å². The molecule has 0 spiro atoms. The lowest BCUT2D eigenvalue weighted by Crippen LogP contribution is -2.36. The summed E-state index contributed by atoms with van der Waals surface area (Å²) in [4.78, 5) is 19.5. The molecular weight excluding hydrogens is 340 g/mol. The fourth-order valence-corrected chi connectivity index (χ4v) is 3.92. The third-order valence-corrected chi connectivity index (χ3v) is 5.49. The molecule has 1 saturated heterocycles. The summed E-state index contributed by atoms with van der Waals surface area (Å²) in [6, 6.07) is 7.65. The van der Waals surface area contributed by atoms with E-state index in [0.29, 0.717) is 35.2 Å². The van der Waals surface area contributed by atoms with Crippen LogP contribution >= 0.6 is 0 Å². The van der Waals surface area contributed by atoms with E-state index in [9.17, 15) is 9.90 Å². The van der Waals surface area contributed by atoms with E-state index in [1.807, 2.05) is 25.1 Å². The van der Waals surface area contributed by atoms with Crippen LogP contribution < -0.4 is 4.74 Å². The number of aromatic nitrogens is 1. The highest BCUT2D eigenvalue weighted by Gasteiger charge is 2.34. The molecule has 140 valence electrons. The largest absolute Gasteiger partial charge is 0.507 e. The Balaban J connectivity index is 1.71. The third-order valence-electron chi connectivity index (χ3n) is 5.49. The maximum atomic E-state index is 12.9. The van der Waals surface area contributed by atoms with Gasteiger partial charge >= 0.3 is 0 Å². The summed E-state index contributed by atoms with van der Waals surface area (Å²) in [5, 5.41) is 10.6. The topological polar surface area (TPSA) is 62.7 Å². The first-order valence-electron chi connectivity index (χ1n) is 9.49. The van der Waals surface area contributed by atoms with Crippen LogP contribution in [-0.4, -0.2) is 33.4 Å². The minimum absolute atomic E-state index is 0.152. The summed E-state index contributed by atoms with van der Waals surface area (Å²) in [5.74, 6) is 0.791. The van der Waals surface area contributed by atoms with Crippen molar-refractivity contribution in [3.05, 3.63) is 58.6 Å². The quantitative estimate of drug-likeness (QED) is 0.831. The van der Waals surface area contributed by atoms with E-state index in [2.05, 4.69) is 16.8 Å².